The zero-order chi connectivity index (χ0) is 20.3. The maximum Gasteiger partial charge on any atom is 0.275 e. The average Bonchev–Trinajstić information content (AvgIpc) is 2.73. The highest BCUT2D eigenvalue weighted by molar-refractivity contribution is 5.76. The van der Waals surface area contributed by atoms with Crippen LogP contribution in [0.25, 0.3) is 6.08 Å². The minimum Gasteiger partial charge on any atom is -0.492 e. The number of aryl methyl sites for hydroxylation is 1. The van der Waals surface area contributed by atoms with Crippen molar-refractivity contribution in [3.8, 4) is 5.75 Å². The summed E-state index contributed by atoms with van der Waals surface area (Å²) >= 11 is 0. The predicted molar refractivity (Wildman–Crippen MR) is 116 cm³/mol. The van der Waals surface area contributed by atoms with E-state index in [2.05, 4.69) is 41.7 Å². The molecule has 1 saturated heterocycles. The van der Waals surface area contributed by atoms with Gasteiger partial charge in [-0.05, 0) is 36.3 Å². The average molecular weight is 396 g/mol. The van der Waals surface area contributed by atoms with Crippen molar-refractivity contribution in [2.24, 2.45) is 0 Å². The minimum absolute atomic E-state index is 0.111. The molecule has 1 heterocycles. The van der Waals surface area contributed by atoms with Gasteiger partial charge < -0.3 is 19.9 Å². The second-order valence-corrected chi connectivity index (χ2v) is 7.71. The number of rotatable bonds is 9. The highest BCUT2D eigenvalue weighted by Crippen LogP contribution is 2.11. The van der Waals surface area contributed by atoms with E-state index in [0.29, 0.717) is 19.7 Å². The molecule has 1 aliphatic rings. The Morgan fingerprint density at radius 1 is 1.03 bits per heavy atom. The molecule has 0 aliphatic carbocycles. The van der Waals surface area contributed by atoms with Crippen molar-refractivity contribution < 1.29 is 19.3 Å². The van der Waals surface area contributed by atoms with Crippen molar-refractivity contribution in [1.29, 1.82) is 0 Å². The van der Waals surface area contributed by atoms with Crippen molar-refractivity contribution in [1.82, 2.24) is 5.32 Å². The molecule has 3 rings (SSSR count). The fourth-order valence-electron chi connectivity index (χ4n) is 3.62. The van der Waals surface area contributed by atoms with E-state index in [1.807, 2.05) is 37.3 Å². The van der Waals surface area contributed by atoms with Gasteiger partial charge >= 0.3 is 0 Å². The van der Waals surface area contributed by atoms with Crippen molar-refractivity contribution in [3.05, 3.63) is 71.8 Å². The van der Waals surface area contributed by atoms with E-state index >= 15 is 0 Å². The zero-order valence-electron chi connectivity index (χ0n) is 17.3. The third-order valence-electron chi connectivity index (χ3n) is 5.27. The number of nitrogens with one attached hydrogen (secondary N) is 3. The summed E-state index contributed by atoms with van der Waals surface area (Å²) in [5, 5.41) is 2.98. The highest BCUT2D eigenvalue weighted by atomic mass is 16.5. The molecule has 2 aromatic rings. The van der Waals surface area contributed by atoms with E-state index in [9.17, 15) is 4.79 Å². The maximum atomic E-state index is 12.2. The minimum atomic E-state index is 0.111. The molecule has 5 heteroatoms. The fourth-order valence-corrected chi connectivity index (χ4v) is 3.62. The van der Waals surface area contributed by atoms with Crippen LogP contribution in [-0.2, 0) is 4.79 Å². The Kier molecular flexibility index (Phi) is 8.28. The molecule has 154 valence electrons. The smallest absolute Gasteiger partial charge is 0.275 e. The van der Waals surface area contributed by atoms with Crippen LogP contribution < -0.4 is 19.9 Å². The Bertz CT molecular complexity index is 784. The summed E-state index contributed by atoms with van der Waals surface area (Å²) in [6, 6.07) is 18.4. The van der Waals surface area contributed by atoms with E-state index < -0.39 is 0 Å². The van der Waals surface area contributed by atoms with Crippen LogP contribution in [0.15, 0.2) is 60.7 Å². The summed E-state index contributed by atoms with van der Waals surface area (Å²) in [7, 11) is 0. The van der Waals surface area contributed by atoms with Gasteiger partial charge in [-0.2, -0.15) is 0 Å². The lowest BCUT2D eigenvalue weighted by atomic mass is 10.2. The molecule has 1 aliphatic heterocycles. The molecule has 1 amide bonds. The largest absolute Gasteiger partial charge is 0.492 e. The van der Waals surface area contributed by atoms with Gasteiger partial charge in [-0.3, -0.25) is 4.79 Å². The van der Waals surface area contributed by atoms with E-state index in [4.69, 9.17) is 4.74 Å². The van der Waals surface area contributed by atoms with Gasteiger partial charge in [-0.15, -0.1) is 0 Å². The molecule has 0 aromatic heterocycles. The number of hydrogen-bond donors (Lipinski definition) is 3. The molecular weight excluding hydrogens is 362 g/mol. The van der Waals surface area contributed by atoms with Gasteiger partial charge in [0.1, 0.15) is 38.5 Å². The quantitative estimate of drug-likeness (QED) is 0.523. The first kappa shape index (κ1) is 21.1. The van der Waals surface area contributed by atoms with Crippen LogP contribution in [0.2, 0.25) is 0 Å². The molecular formula is C24H33N3O2+2. The molecule has 5 nitrogen and oxygen atoms in total. The van der Waals surface area contributed by atoms with Gasteiger partial charge in [0.25, 0.3) is 5.91 Å². The first-order valence-corrected chi connectivity index (χ1v) is 10.5. The van der Waals surface area contributed by atoms with E-state index in [-0.39, 0.29) is 5.91 Å². The Balaban J connectivity index is 1.27. The Morgan fingerprint density at radius 3 is 2.55 bits per heavy atom. The normalized spacial score (nSPS) is 19.2. The second-order valence-electron chi connectivity index (χ2n) is 7.71. The van der Waals surface area contributed by atoms with E-state index in [1.54, 1.807) is 4.90 Å². The van der Waals surface area contributed by atoms with Gasteiger partial charge in [0.05, 0.1) is 13.1 Å². The first-order chi connectivity index (χ1) is 14.2. The lowest BCUT2D eigenvalue weighted by Crippen LogP contribution is -3.28. The second kappa shape index (κ2) is 11.4. The summed E-state index contributed by atoms with van der Waals surface area (Å²) in [6.07, 6.45) is 4.45. The van der Waals surface area contributed by atoms with Crippen molar-refractivity contribution in [2.75, 3.05) is 52.4 Å². The number of quaternary nitrogens is 2. The first-order valence-electron chi connectivity index (χ1n) is 10.5. The van der Waals surface area contributed by atoms with E-state index in [1.165, 1.54) is 16.0 Å². The van der Waals surface area contributed by atoms with Gasteiger partial charge in [0, 0.05) is 0 Å². The monoisotopic (exact) mass is 395 g/mol. The van der Waals surface area contributed by atoms with Gasteiger partial charge in [-0.25, -0.2) is 0 Å². The number of carbonyl (C=O) groups excluding carboxylic acids is 1. The number of carbonyl (C=O) groups is 1. The van der Waals surface area contributed by atoms with Crippen LogP contribution in [0, 0.1) is 6.92 Å². The Labute approximate surface area is 174 Å². The highest BCUT2D eigenvalue weighted by Gasteiger charge is 2.23. The van der Waals surface area contributed by atoms with Gasteiger partial charge in [0.2, 0.25) is 0 Å². The standard InChI is InChI=1S/C24H31N3O2/c1-21-7-5-11-23(19-21)29-18-12-25-24(28)20-27-16-14-26(15-17-27)13-6-10-22-8-3-2-4-9-22/h2-11,19H,12-18,20H2,1H3,(H,25,28)/p+2/b10-6+. The lowest BCUT2D eigenvalue weighted by molar-refractivity contribution is -1.01. The number of amides is 1. The number of hydrogen-bond acceptors (Lipinski definition) is 2. The molecule has 0 atom stereocenters. The van der Waals surface area contributed by atoms with Crippen LogP contribution in [0.3, 0.4) is 0 Å². The SMILES string of the molecule is Cc1cccc(OCCNC(=O)C[NH+]2CC[NH+](C/C=C/c3ccccc3)CC2)c1. The molecule has 1 fully saturated rings. The lowest BCUT2D eigenvalue weighted by Gasteiger charge is -2.28. The molecule has 2 aromatic carbocycles. The number of benzene rings is 2. The van der Waals surface area contributed by atoms with Crippen molar-refractivity contribution in [2.45, 2.75) is 6.92 Å². The van der Waals surface area contributed by atoms with Crippen molar-refractivity contribution in [3.63, 3.8) is 0 Å². The van der Waals surface area contributed by atoms with Crippen LogP contribution in [0.1, 0.15) is 11.1 Å². The number of piperazine rings is 1. The molecule has 0 spiro atoms. The maximum absolute atomic E-state index is 12.2. The van der Waals surface area contributed by atoms with E-state index in [0.717, 1.165) is 38.5 Å². The molecule has 0 unspecified atom stereocenters. The van der Waals surface area contributed by atoms with Gasteiger partial charge in [0.15, 0.2) is 6.54 Å². The van der Waals surface area contributed by atoms with Gasteiger partial charge in [-0.1, -0.05) is 48.5 Å². The zero-order valence-corrected chi connectivity index (χ0v) is 17.3. The van der Waals surface area contributed by atoms with Crippen LogP contribution in [-0.4, -0.2) is 58.3 Å². The van der Waals surface area contributed by atoms with Crippen LogP contribution in [0.4, 0.5) is 0 Å². The molecule has 3 N–H and O–H groups in total. The van der Waals surface area contributed by atoms with Crippen LogP contribution in [0.5, 0.6) is 5.75 Å². The summed E-state index contributed by atoms with van der Waals surface area (Å²) in [4.78, 5) is 15.1. The fraction of sp³-hybridized carbons (Fsp3) is 0.375. The Morgan fingerprint density at radius 2 is 1.79 bits per heavy atom. The summed E-state index contributed by atoms with van der Waals surface area (Å²) < 4.78 is 5.68. The summed E-state index contributed by atoms with van der Waals surface area (Å²) in [6.45, 7) is 8.98. The molecule has 0 saturated carbocycles. The van der Waals surface area contributed by atoms with Crippen LogP contribution >= 0.6 is 0 Å². The Hall–Kier alpha value is -2.63. The van der Waals surface area contributed by atoms with Crippen molar-refractivity contribution >= 4 is 12.0 Å². The molecule has 0 bridgehead atoms. The molecule has 29 heavy (non-hydrogen) atoms. The summed E-state index contributed by atoms with van der Waals surface area (Å²) in [5.41, 5.74) is 2.42. The summed E-state index contributed by atoms with van der Waals surface area (Å²) in [5.74, 6) is 0.963. The predicted octanol–water partition coefficient (Wildman–Crippen LogP) is -0.0132. The third-order valence-corrected chi connectivity index (χ3v) is 5.27. The third kappa shape index (κ3) is 7.72. The topological polar surface area (TPSA) is 47.2 Å². The number of ether oxygens (including phenoxy) is 1. The molecule has 0 radical (unpaired) electrons.